The van der Waals surface area contributed by atoms with Gasteiger partial charge < -0.3 is 19.9 Å². The molecule has 2 aliphatic heterocycles. The van der Waals surface area contributed by atoms with Crippen molar-refractivity contribution in [3.8, 4) is 5.75 Å². The van der Waals surface area contributed by atoms with E-state index in [1.165, 1.54) is 38.9 Å². The highest BCUT2D eigenvalue weighted by atomic mass is 32.1. The number of aromatic nitrogens is 1. The molecule has 1 atom stereocenters. The molecule has 3 heterocycles. The number of thiocarbonyl (C=S) groups is 1. The number of rotatable bonds is 3. The maximum Gasteiger partial charge on any atom is 0.170 e. The monoisotopic (exact) mass is 439 g/mol. The highest BCUT2D eigenvalue weighted by Gasteiger charge is 2.33. The lowest BCUT2D eigenvalue weighted by Gasteiger charge is -2.38. The van der Waals surface area contributed by atoms with Gasteiger partial charge in [0.1, 0.15) is 5.75 Å². The SMILES string of the molecule is S=C(NCc1ccccc1)N1CCc2c([nH]c3ccccc23)[C@H]1c1ccc2c(c1)CCO2. The van der Waals surface area contributed by atoms with Gasteiger partial charge in [-0.15, -0.1) is 0 Å². The zero-order valence-corrected chi connectivity index (χ0v) is 18.6. The summed E-state index contributed by atoms with van der Waals surface area (Å²) in [4.78, 5) is 6.07. The zero-order valence-electron chi connectivity index (χ0n) is 17.8. The van der Waals surface area contributed by atoms with Crippen molar-refractivity contribution in [2.75, 3.05) is 13.2 Å². The second kappa shape index (κ2) is 7.99. The fourth-order valence-corrected chi connectivity index (χ4v) is 5.33. The number of H-pyrrole nitrogens is 1. The van der Waals surface area contributed by atoms with E-state index in [2.05, 4.69) is 81.9 Å². The highest BCUT2D eigenvalue weighted by molar-refractivity contribution is 7.80. The van der Waals surface area contributed by atoms with Crippen LogP contribution in [0, 0.1) is 0 Å². The Labute approximate surface area is 193 Å². The molecule has 0 unspecified atom stereocenters. The average Bonchev–Trinajstić information content (AvgIpc) is 3.46. The summed E-state index contributed by atoms with van der Waals surface area (Å²) in [5, 5.41) is 5.61. The molecule has 6 rings (SSSR count). The quantitative estimate of drug-likeness (QED) is 0.435. The predicted molar refractivity (Wildman–Crippen MR) is 132 cm³/mol. The van der Waals surface area contributed by atoms with Gasteiger partial charge in [0.2, 0.25) is 0 Å². The molecule has 2 aliphatic rings. The maximum atomic E-state index is 5.94. The number of nitrogens with zero attached hydrogens (tertiary/aromatic N) is 1. The number of aromatic amines is 1. The maximum absolute atomic E-state index is 5.94. The number of nitrogens with one attached hydrogen (secondary N) is 2. The number of benzene rings is 3. The summed E-state index contributed by atoms with van der Waals surface area (Å²) in [6, 6.07) is 25.7. The third kappa shape index (κ3) is 3.33. The van der Waals surface area contributed by atoms with Crippen LogP contribution >= 0.6 is 12.2 Å². The minimum Gasteiger partial charge on any atom is -0.493 e. The summed E-state index contributed by atoms with van der Waals surface area (Å²) in [7, 11) is 0. The van der Waals surface area contributed by atoms with Gasteiger partial charge in [0, 0.05) is 36.1 Å². The molecular weight excluding hydrogens is 414 g/mol. The smallest absolute Gasteiger partial charge is 0.170 e. The van der Waals surface area contributed by atoms with Crippen LogP contribution in [0.25, 0.3) is 10.9 Å². The molecule has 0 spiro atoms. The Morgan fingerprint density at radius 1 is 1.03 bits per heavy atom. The second-order valence-electron chi connectivity index (χ2n) is 8.52. The number of para-hydroxylation sites is 1. The van der Waals surface area contributed by atoms with Gasteiger partial charge >= 0.3 is 0 Å². The molecule has 0 bridgehead atoms. The van der Waals surface area contributed by atoms with Crippen LogP contribution in [0.4, 0.5) is 0 Å². The summed E-state index contributed by atoms with van der Waals surface area (Å²) >= 11 is 5.94. The molecule has 4 nitrogen and oxygen atoms in total. The molecule has 4 aromatic rings. The van der Waals surface area contributed by atoms with E-state index in [0.717, 1.165) is 43.4 Å². The Morgan fingerprint density at radius 2 is 1.88 bits per heavy atom. The van der Waals surface area contributed by atoms with Crippen LogP contribution in [-0.4, -0.2) is 28.1 Å². The van der Waals surface area contributed by atoms with Gasteiger partial charge in [-0.2, -0.15) is 0 Å². The fourth-order valence-electron chi connectivity index (χ4n) is 5.06. The Hall–Kier alpha value is -3.31. The minimum atomic E-state index is 0.0489. The molecule has 0 saturated heterocycles. The third-order valence-corrected chi connectivity index (χ3v) is 6.99. The van der Waals surface area contributed by atoms with E-state index >= 15 is 0 Å². The van der Waals surface area contributed by atoms with Gasteiger partial charge in [0.25, 0.3) is 0 Å². The lowest BCUT2D eigenvalue weighted by Crippen LogP contribution is -2.45. The topological polar surface area (TPSA) is 40.3 Å². The summed E-state index contributed by atoms with van der Waals surface area (Å²) < 4.78 is 5.76. The zero-order chi connectivity index (χ0) is 21.5. The van der Waals surface area contributed by atoms with E-state index in [1.807, 2.05) is 6.07 Å². The Bertz CT molecular complexity index is 1300. The predicted octanol–water partition coefficient (Wildman–Crippen LogP) is 5.13. The van der Waals surface area contributed by atoms with Crippen LogP contribution in [-0.2, 0) is 19.4 Å². The first-order chi connectivity index (χ1) is 15.8. The molecular formula is C27H25N3OS. The van der Waals surface area contributed by atoms with Crippen LogP contribution in [0.1, 0.15) is 34.0 Å². The molecule has 1 aromatic heterocycles. The number of fused-ring (bicyclic) bond motifs is 4. The first-order valence-electron chi connectivity index (χ1n) is 11.2. The molecule has 160 valence electrons. The third-order valence-electron chi connectivity index (χ3n) is 6.61. The first-order valence-corrected chi connectivity index (χ1v) is 11.6. The van der Waals surface area contributed by atoms with Crippen molar-refractivity contribution in [2.24, 2.45) is 0 Å². The van der Waals surface area contributed by atoms with Crippen molar-refractivity contribution in [3.63, 3.8) is 0 Å². The normalized spacial score (nSPS) is 17.0. The lowest BCUT2D eigenvalue weighted by atomic mass is 9.91. The summed E-state index contributed by atoms with van der Waals surface area (Å²) in [6.45, 7) is 2.37. The highest BCUT2D eigenvalue weighted by Crippen LogP contribution is 2.40. The van der Waals surface area contributed by atoms with E-state index < -0.39 is 0 Å². The van der Waals surface area contributed by atoms with Crippen LogP contribution in [0.3, 0.4) is 0 Å². The average molecular weight is 440 g/mol. The fraction of sp³-hybridized carbons (Fsp3) is 0.222. The summed E-state index contributed by atoms with van der Waals surface area (Å²) in [5.74, 6) is 1.01. The van der Waals surface area contributed by atoms with E-state index in [4.69, 9.17) is 17.0 Å². The van der Waals surface area contributed by atoms with Gasteiger partial charge in [0.15, 0.2) is 5.11 Å². The van der Waals surface area contributed by atoms with Crippen LogP contribution in [0.15, 0.2) is 72.8 Å². The van der Waals surface area contributed by atoms with E-state index in [9.17, 15) is 0 Å². The summed E-state index contributed by atoms with van der Waals surface area (Å²) in [5.41, 5.74) is 7.62. The van der Waals surface area contributed by atoms with Gasteiger partial charge in [-0.25, -0.2) is 0 Å². The van der Waals surface area contributed by atoms with Crippen molar-refractivity contribution >= 4 is 28.2 Å². The van der Waals surface area contributed by atoms with Crippen molar-refractivity contribution in [2.45, 2.75) is 25.4 Å². The molecule has 2 N–H and O–H groups in total. The standard InChI is InChI=1S/C27H25N3OS/c32-27(28-17-18-6-2-1-3-7-18)30-14-12-22-21-8-4-5-9-23(21)29-25(22)26(30)20-10-11-24-19(16-20)13-15-31-24/h1-11,16,26,29H,12-15,17H2,(H,28,32)/t26-/m1/s1. The molecule has 5 heteroatoms. The van der Waals surface area contributed by atoms with Crippen molar-refractivity contribution in [1.82, 2.24) is 15.2 Å². The van der Waals surface area contributed by atoms with Crippen molar-refractivity contribution < 1.29 is 4.74 Å². The van der Waals surface area contributed by atoms with Gasteiger partial charge in [0.05, 0.1) is 12.6 Å². The number of hydrogen-bond donors (Lipinski definition) is 2. The molecule has 0 saturated carbocycles. The van der Waals surface area contributed by atoms with E-state index in [0.29, 0.717) is 0 Å². The van der Waals surface area contributed by atoms with Crippen LogP contribution in [0.2, 0.25) is 0 Å². The summed E-state index contributed by atoms with van der Waals surface area (Å²) in [6.07, 6.45) is 1.93. The van der Waals surface area contributed by atoms with Gasteiger partial charge in [-0.05, 0) is 59.1 Å². The number of ether oxygens (including phenoxy) is 1. The molecule has 0 aliphatic carbocycles. The Balaban J connectivity index is 1.39. The van der Waals surface area contributed by atoms with Gasteiger partial charge in [-0.1, -0.05) is 54.6 Å². The Kier molecular flexibility index (Phi) is 4.84. The van der Waals surface area contributed by atoms with E-state index in [1.54, 1.807) is 0 Å². The molecule has 0 amide bonds. The number of hydrogen-bond acceptors (Lipinski definition) is 2. The second-order valence-corrected chi connectivity index (χ2v) is 8.91. The largest absolute Gasteiger partial charge is 0.493 e. The first kappa shape index (κ1) is 19.4. The Morgan fingerprint density at radius 3 is 2.78 bits per heavy atom. The van der Waals surface area contributed by atoms with E-state index in [-0.39, 0.29) is 6.04 Å². The van der Waals surface area contributed by atoms with Crippen molar-refractivity contribution in [3.05, 3.63) is 101 Å². The minimum absolute atomic E-state index is 0.0489. The molecule has 3 aromatic carbocycles. The van der Waals surface area contributed by atoms with Gasteiger partial charge in [-0.3, -0.25) is 0 Å². The molecule has 32 heavy (non-hydrogen) atoms. The van der Waals surface area contributed by atoms with Crippen LogP contribution < -0.4 is 10.1 Å². The molecule has 0 fully saturated rings. The van der Waals surface area contributed by atoms with Crippen LogP contribution in [0.5, 0.6) is 5.75 Å². The molecule has 0 radical (unpaired) electrons. The van der Waals surface area contributed by atoms with Crippen molar-refractivity contribution in [1.29, 1.82) is 0 Å². The lowest BCUT2D eigenvalue weighted by molar-refractivity contribution is 0.329.